The monoisotopic (exact) mass is 444 g/mol. The largest absolute Gasteiger partial charge is 0.495 e. The van der Waals surface area contributed by atoms with Crippen molar-refractivity contribution in [2.45, 2.75) is 6.42 Å². The molecule has 0 spiro atoms. The molecule has 0 aromatic heterocycles. The molecule has 5 nitrogen and oxygen atoms in total. The molecule has 0 unspecified atom stereocenters. The summed E-state index contributed by atoms with van der Waals surface area (Å²) in [6, 6.07) is 24.4. The van der Waals surface area contributed by atoms with Crippen molar-refractivity contribution in [2.24, 2.45) is 10.2 Å². The summed E-state index contributed by atoms with van der Waals surface area (Å²) in [5, 5.41) is 10.1. The zero-order chi connectivity index (χ0) is 21.9. The van der Waals surface area contributed by atoms with Crippen molar-refractivity contribution in [1.29, 1.82) is 0 Å². The number of anilines is 1. The number of ether oxygens (including phenoxy) is 1. The Labute approximate surface area is 193 Å². The fourth-order valence-electron chi connectivity index (χ4n) is 4.39. The van der Waals surface area contributed by atoms with E-state index in [9.17, 15) is 0 Å². The molecular formula is C26H25ClN4O. The summed E-state index contributed by atoms with van der Waals surface area (Å²) < 4.78 is 5.55. The van der Waals surface area contributed by atoms with E-state index in [4.69, 9.17) is 26.5 Å². The Morgan fingerprint density at radius 2 is 1.56 bits per heavy atom. The number of methoxy groups -OCH3 is 1. The molecule has 0 aliphatic carbocycles. The fourth-order valence-corrected chi connectivity index (χ4v) is 4.58. The third kappa shape index (κ3) is 4.08. The maximum atomic E-state index is 6.26. The zero-order valence-electron chi connectivity index (χ0n) is 18.0. The van der Waals surface area contributed by atoms with Crippen molar-refractivity contribution in [3.63, 3.8) is 0 Å². The van der Waals surface area contributed by atoms with Crippen LogP contribution in [0, 0.1) is 0 Å². The molecule has 0 saturated carbocycles. The number of para-hydroxylation sites is 2. The molecule has 32 heavy (non-hydrogen) atoms. The zero-order valence-corrected chi connectivity index (χ0v) is 18.8. The van der Waals surface area contributed by atoms with E-state index in [0.717, 1.165) is 66.7 Å². The molecule has 1 saturated heterocycles. The molecule has 162 valence electrons. The first-order chi connectivity index (χ1) is 15.7. The summed E-state index contributed by atoms with van der Waals surface area (Å²) in [6.45, 7) is 3.60. The number of hydrogen-bond acceptors (Lipinski definition) is 5. The molecule has 5 rings (SSSR count). The molecule has 0 bridgehead atoms. The van der Waals surface area contributed by atoms with Gasteiger partial charge in [-0.25, -0.2) is 0 Å². The minimum atomic E-state index is 0.698. The number of rotatable bonds is 3. The lowest BCUT2D eigenvalue weighted by Gasteiger charge is -2.37. The van der Waals surface area contributed by atoms with Crippen molar-refractivity contribution in [3.8, 4) is 5.75 Å². The number of fused-ring (bicyclic) bond motifs is 1. The van der Waals surface area contributed by atoms with Crippen LogP contribution in [0.3, 0.4) is 0 Å². The van der Waals surface area contributed by atoms with Crippen LogP contribution in [0.5, 0.6) is 5.75 Å². The predicted molar refractivity (Wildman–Crippen MR) is 131 cm³/mol. The van der Waals surface area contributed by atoms with E-state index < -0.39 is 0 Å². The predicted octanol–water partition coefficient (Wildman–Crippen LogP) is 4.88. The lowest BCUT2D eigenvalue weighted by atomic mass is 9.96. The van der Waals surface area contributed by atoms with Crippen LogP contribution < -0.4 is 9.64 Å². The summed E-state index contributed by atoms with van der Waals surface area (Å²) >= 11 is 6.26. The van der Waals surface area contributed by atoms with Crippen LogP contribution in [0.25, 0.3) is 0 Å². The Kier molecular flexibility index (Phi) is 5.82. The summed E-state index contributed by atoms with van der Waals surface area (Å²) in [5.41, 5.74) is 5.33. The highest BCUT2D eigenvalue weighted by Crippen LogP contribution is 2.29. The van der Waals surface area contributed by atoms with E-state index in [0.29, 0.717) is 5.02 Å². The fraction of sp³-hybridized carbons (Fsp3) is 0.231. The topological polar surface area (TPSA) is 40.4 Å². The normalized spacial score (nSPS) is 16.1. The smallest absolute Gasteiger partial charge is 0.142 e. The van der Waals surface area contributed by atoms with Crippen molar-refractivity contribution >= 4 is 28.8 Å². The van der Waals surface area contributed by atoms with E-state index >= 15 is 0 Å². The highest BCUT2D eigenvalue weighted by Gasteiger charge is 2.25. The average Bonchev–Trinajstić information content (AvgIpc) is 3.04. The molecular weight excluding hydrogens is 420 g/mol. The number of nitrogens with zero attached hydrogens (tertiary/aromatic N) is 4. The minimum absolute atomic E-state index is 0.698. The van der Waals surface area contributed by atoms with Gasteiger partial charge in [-0.15, -0.1) is 10.2 Å². The standard InChI is InChI=1S/C26H25ClN4O/c1-32-24-12-5-4-11-23(24)30-13-15-31(16-14-30)25-18-19-7-2-3-10-22(19)26(29-28-25)20-8-6-9-21(27)17-20/h2-12,17H,13-16,18H2,1H3. The van der Waals surface area contributed by atoms with Gasteiger partial charge in [0.25, 0.3) is 0 Å². The quantitative estimate of drug-likeness (QED) is 0.578. The number of piperazine rings is 1. The summed E-state index contributed by atoms with van der Waals surface area (Å²) in [4.78, 5) is 4.73. The maximum Gasteiger partial charge on any atom is 0.142 e. The number of hydrogen-bond donors (Lipinski definition) is 0. The van der Waals surface area contributed by atoms with E-state index in [2.05, 4.69) is 46.2 Å². The number of halogens is 1. The van der Waals surface area contributed by atoms with Crippen LogP contribution >= 0.6 is 11.6 Å². The van der Waals surface area contributed by atoms with Crippen LogP contribution in [-0.4, -0.2) is 49.7 Å². The van der Waals surface area contributed by atoms with E-state index in [1.807, 2.05) is 36.4 Å². The molecule has 0 amide bonds. The second-order valence-corrected chi connectivity index (χ2v) is 8.39. The highest BCUT2D eigenvalue weighted by molar-refractivity contribution is 6.31. The molecule has 0 atom stereocenters. The summed E-state index contributed by atoms with van der Waals surface area (Å²) in [5.74, 6) is 1.92. The Morgan fingerprint density at radius 3 is 2.38 bits per heavy atom. The van der Waals surface area contributed by atoms with Gasteiger partial charge in [-0.1, -0.05) is 60.1 Å². The van der Waals surface area contributed by atoms with Gasteiger partial charge in [-0.2, -0.15) is 0 Å². The third-order valence-corrected chi connectivity index (χ3v) is 6.29. The van der Waals surface area contributed by atoms with Gasteiger partial charge in [0.05, 0.1) is 12.8 Å². The maximum absolute atomic E-state index is 6.26. The molecule has 0 radical (unpaired) electrons. The van der Waals surface area contributed by atoms with Crippen LogP contribution in [0.2, 0.25) is 5.02 Å². The Hall–Kier alpha value is -3.31. The third-order valence-electron chi connectivity index (χ3n) is 6.06. The number of benzene rings is 3. The van der Waals surface area contributed by atoms with Crippen molar-refractivity contribution in [2.75, 3.05) is 38.2 Å². The molecule has 2 aliphatic rings. The first-order valence-corrected chi connectivity index (χ1v) is 11.2. The Bertz CT molecular complexity index is 1180. The Balaban J connectivity index is 1.40. The van der Waals surface area contributed by atoms with Gasteiger partial charge in [0, 0.05) is 48.7 Å². The first kappa shape index (κ1) is 20.6. The molecule has 0 N–H and O–H groups in total. The van der Waals surface area contributed by atoms with Crippen LogP contribution in [0.1, 0.15) is 16.7 Å². The van der Waals surface area contributed by atoms with Crippen molar-refractivity contribution in [3.05, 3.63) is 94.5 Å². The average molecular weight is 445 g/mol. The molecule has 6 heteroatoms. The highest BCUT2D eigenvalue weighted by atomic mass is 35.5. The molecule has 2 heterocycles. The lowest BCUT2D eigenvalue weighted by molar-refractivity contribution is 0.373. The second kappa shape index (κ2) is 9.05. The summed E-state index contributed by atoms with van der Waals surface area (Å²) in [6.07, 6.45) is 0.762. The van der Waals surface area contributed by atoms with Gasteiger partial charge in [0.15, 0.2) is 0 Å². The van der Waals surface area contributed by atoms with E-state index in [1.165, 1.54) is 5.56 Å². The van der Waals surface area contributed by atoms with Gasteiger partial charge in [0.2, 0.25) is 0 Å². The van der Waals surface area contributed by atoms with Gasteiger partial charge in [-0.05, 0) is 29.8 Å². The van der Waals surface area contributed by atoms with Crippen molar-refractivity contribution < 1.29 is 4.74 Å². The Morgan fingerprint density at radius 1 is 0.812 bits per heavy atom. The first-order valence-electron chi connectivity index (χ1n) is 10.8. The lowest BCUT2D eigenvalue weighted by Crippen LogP contribution is -2.49. The van der Waals surface area contributed by atoms with Crippen molar-refractivity contribution in [1.82, 2.24) is 4.90 Å². The van der Waals surface area contributed by atoms with Crippen LogP contribution in [-0.2, 0) is 6.42 Å². The molecule has 2 aliphatic heterocycles. The van der Waals surface area contributed by atoms with Gasteiger partial charge in [0.1, 0.15) is 17.3 Å². The van der Waals surface area contributed by atoms with Gasteiger partial charge >= 0.3 is 0 Å². The van der Waals surface area contributed by atoms with Crippen LogP contribution in [0.15, 0.2) is 83.0 Å². The SMILES string of the molecule is COc1ccccc1N1CCN(C2=NN=C(c3cccc(Cl)c3)c3ccccc3C2)CC1. The second-order valence-electron chi connectivity index (χ2n) is 7.96. The molecule has 1 fully saturated rings. The van der Waals surface area contributed by atoms with Gasteiger partial charge in [-0.3, -0.25) is 0 Å². The van der Waals surface area contributed by atoms with Gasteiger partial charge < -0.3 is 14.5 Å². The molecule has 3 aromatic carbocycles. The molecule has 3 aromatic rings. The van der Waals surface area contributed by atoms with E-state index in [-0.39, 0.29) is 0 Å². The minimum Gasteiger partial charge on any atom is -0.495 e. The number of amidine groups is 1. The van der Waals surface area contributed by atoms with Crippen LogP contribution in [0.4, 0.5) is 5.69 Å². The summed E-state index contributed by atoms with van der Waals surface area (Å²) in [7, 11) is 1.72. The van der Waals surface area contributed by atoms with E-state index in [1.54, 1.807) is 7.11 Å².